The average Bonchev–Trinajstić information content (AvgIpc) is 2.72. The van der Waals surface area contributed by atoms with Crippen molar-refractivity contribution in [3.8, 4) is 0 Å². The zero-order valence-corrected chi connectivity index (χ0v) is 13.8. The molecule has 1 amide bonds. The number of aryl methyl sites for hydroxylation is 2. The second-order valence-corrected chi connectivity index (χ2v) is 7.23. The zero-order valence-electron chi connectivity index (χ0n) is 12.2. The molecule has 0 aliphatic heterocycles. The van der Waals surface area contributed by atoms with Crippen LogP contribution >= 0.6 is 23.1 Å². The number of carbonyl (C=O) groups excluding carboxylic acids is 1. The third-order valence-corrected chi connectivity index (χ3v) is 5.35. The monoisotopic (exact) mass is 309 g/mol. The van der Waals surface area contributed by atoms with E-state index in [1.807, 2.05) is 13.8 Å². The number of aromatic nitrogens is 2. The van der Waals surface area contributed by atoms with Crippen LogP contribution in [0.3, 0.4) is 0 Å². The molecule has 108 valence electrons. The van der Waals surface area contributed by atoms with E-state index in [1.54, 1.807) is 17.7 Å². The summed E-state index contributed by atoms with van der Waals surface area (Å²) in [5.41, 5.74) is 1.22. The summed E-state index contributed by atoms with van der Waals surface area (Å²) in [5.74, 6) is 0.0632. The van der Waals surface area contributed by atoms with Crippen molar-refractivity contribution in [1.29, 1.82) is 0 Å². The van der Waals surface area contributed by atoms with Gasteiger partial charge in [-0.3, -0.25) is 4.79 Å². The molecule has 2 aromatic heterocycles. The minimum atomic E-state index is -0.153. The molecule has 6 heteroatoms. The first-order valence-electron chi connectivity index (χ1n) is 6.69. The molecule has 0 saturated heterocycles. The number of amides is 1. The predicted molar refractivity (Wildman–Crippen MR) is 85.5 cm³/mol. The highest BCUT2D eigenvalue weighted by Crippen LogP contribution is 2.35. The summed E-state index contributed by atoms with van der Waals surface area (Å²) in [6.07, 6.45) is 2.53. The van der Waals surface area contributed by atoms with Crippen molar-refractivity contribution in [3.05, 3.63) is 16.8 Å². The van der Waals surface area contributed by atoms with Crippen LogP contribution in [0, 0.1) is 13.8 Å². The minimum absolute atomic E-state index is 0.0632. The van der Waals surface area contributed by atoms with Gasteiger partial charge in [0.05, 0.1) is 5.25 Å². The summed E-state index contributed by atoms with van der Waals surface area (Å²) in [5, 5.41) is 4.76. The van der Waals surface area contributed by atoms with Crippen LogP contribution in [0.1, 0.15) is 30.7 Å². The molecule has 0 radical (unpaired) electrons. The van der Waals surface area contributed by atoms with Gasteiger partial charge in [0.15, 0.2) is 0 Å². The van der Waals surface area contributed by atoms with Gasteiger partial charge in [0.1, 0.15) is 16.2 Å². The second-order valence-electron chi connectivity index (χ2n) is 4.69. The van der Waals surface area contributed by atoms with Gasteiger partial charge in [-0.1, -0.05) is 18.7 Å². The van der Waals surface area contributed by atoms with Crippen LogP contribution < -0.4 is 5.32 Å². The lowest BCUT2D eigenvalue weighted by Gasteiger charge is -2.11. The number of thioether (sulfide) groups is 1. The SMILES string of the molecule is CCCNC(=O)[C@@H](C)Sc1ncnc2sc(C)c(C)c12. The maximum Gasteiger partial charge on any atom is 0.233 e. The van der Waals surface area contributed by atoms with Gasteiger partial charge in [0.2, 0.25) is 5.91 Å². The first-order valence-corrected chi connectivity index (χ1v) is 8.39. The summed E-state index contributed by atoms with van der Waals surface area (Å²) in [6, 6.07) is 0. The molecule has 0 spiro atoms. The van der Waals surface area contributed by atoms with E-state index >= 15 is 0 Å². The maximum atomic E-state index is 12.0. The number of nitrogens with zero attached hydrogens (tertiary/aromatic N) is 2. The molecule has 2 aromatic rings. The van der Waals surface area contributed by atoms with Crippen LogP contribution in [0.2, 0.25) is 0 Å². The highest BCUT2D eigenvalue weighted by atomic mass is 32.2. The van der Waals surface area contributed by atoms with Crippen molar-refractivity contribution >= 4 is 39.2 Å². The fraction of sp³-hybridized carbons (Fsp3) is 0.500. The van der Waals surface area contributed by atoms with Crippen molar-refractivity contribution in [2.45, 2.75) is 44.4 Å². The molecule has 0 fully saturated rings. The van der Waals surface area contributed by atoms with Crippen molar-refractivity contribution in [2.75, 3.05) is 6.54 Å². The Balaban J connectivity index is 2.23. The smallest absolute Gasteiger partial charge is 0.233 e. The molecule has 20 heavy (non-hydrogen) atoms. The van der Waals surface area contributed by atoms with E-state index in [9.17, 15) is 4.79 Å². The molecular weight excluding hydrogens is 290 g/mol. The van der Waals surface area contributed by atoms with Gasteiger partial charge in [-0.2, -0.15) is 0 Å². The standard InChI is InChI=1S/C14H19N3OS2/c1-5-6-15-12(18)10(4)20-14-11-8(2)9(3)19-13(11)16-7-17-14/h7,10H,5-6H2,1-4H3,(H,15,18)/t10-/m1/s1. The fourth-order valence-corrected chi connectivity index (χ4v) is 3.91. The van der Waals surface area contributed by atoms with E-state index in [0.29, 0.717) is 0 Å². The minimum Gasteiger partial charge on any atom is -0.355 e. The topological polar surface area (TPSA) is 54.9 Å². The van der Waals surface area contributed by atoms with Crippen molar-refractivity contribution in [1.82, 2.24) is 15.3 Å². The number of thiophene rings is 1. The van der Waals surface area contributed by atoms with Gasteiger partial charge in [-0.25, -0.2) is 9.97 Å². The molecule has 0 aromatic carbocycles. The maximum absolute atomic E-state index is 12.0. The lowest BCUT2D eigenvalue weighted by atomic mass is 10.2. The molecule has 1 atom stereocenters. The Kier molecular flexibility index (Phi) is 4.99. The quantitative estimate of drug-likeness (QED) is 0.680. The highest BCUT2D eigenvalue weighted by molar-refractivity contribution is 8.00. The van der Waals surface area contributed by atoms with E-state index in [-0.39, 0.29) is 11.2 Å². The van der Waals surface area contributed by atoms with E-state index in [2.05, 4.69) is 29.1 Å². The first-order chi connectivity index (χ1) is 9.54. The molecular formula is C14H19N3OS2. The Bertz CT molecular complexity index is 624. The van der Waals surface area contributed by atoms with Crippen LogP contribution in [0.25, 0.3) is 10.2 Å². The molecule has 0 bridgehead atoms. The highest BCUT2D eigenvalue weighted by Gasteiger charge is 2.18. The molecule has 2 heterocycles. The van der Waals surface area contributed by atoms with Gasteiger partial charge < -0.3 is 5.32 Å². The van der Waals surface area contributed by atoms with Gasteiger partial charge in [-0.15, -0.1) is 11.3 Å². The Hall–Kier alpha value is -1.14. The average molecular weight is 309 g/mol. The number of nitrogens with one attached hydrogen (secondary N) is 1. The number of fused-ring (bicyclic) bond motifs is 1. The van der Waals surface area contributed by atoms with Crippen molar-refractivity contribution in [3.63, 3.8) is 0 Å². The fourth-order valence-electron chi connectivity index (χ4n) is 1.85. The van der Waals surface area contributed by atoms with Crippen molar-refractivity contribution < 1.29 is 4.79 Å². The van der Waals surface area contributed by atoms with E-state index in [1.165, 1.54) is 22.2 Å². The van der Waals surface area contributed by atoms with E-state index < -0.39 is 0 Å². The molecule has 4 nitrogen and oxygen atoms in total. The van der Waals surface area contributed by atoms with Crippen LogP contribution in [0.5, 0.6) is 0 Å². The Morgan fingerprint density at radius 1 is 1.45 bits per heavy atom. The van der Waals surface area contributed by atoms with Crippen LogP contribution in [-0.4, -0.2) is 27.7 Å². The number of hydrogen-bond acceptors (Lipinski definition) is 5. The Morgan fingerprint density at radius 3 is 2.90 bits per heavy atom. The zero-order chi connectivity index (χ0) is 14.7. The number of carbonyl (C=O) groups is 1. The molecule has 0 unspecified atom stereocenters. The number of rotatable bonds is 5. The van der Waals surface area contributed by atoms with E-state index in [4.69, 9.17) is 0 Å². The van der Waals surface area contributed by atoms with Crippen LogP contribution in [0.15, 0.2) is 11.4 Å². The van der Waals surface area contributed by atoms with Crippen molar-refractivity contribution in [2.24, 2.45) is 0 Å². The molecule has 1 N–H and O–H groups in total. The van der Waals surface area contributed by atoms with E-state index in [0.717, 1.165) is 28.2 Å². The molecule has 0 aliphatic carbocycles. The summed E-state index contributed by atoms with van der Waals surface area (Å²) >= 11 is 3.18. The van der Waals surface area contributed by atoms with Gasteiger partial charge >= 0.3 is 0 Å². The Labute approximate surface area is 127 Å². The molecule has 0 saturated carbocycles. The lowest BCUT2D eigenvalue weighted by molar-refractivity contribution is -0.120. The normalized spacial score (nSPS) is 12.6. The third-order valence-electron chi connectivity index (χ3n) is 3.14. The van der Waals surface area contributed by atoms with Crippen LogP contribution in [0.4, 0.5) is 0 Å². The van der Waals surface area contributed by atoms with Crippen LogP contribution in [-0.2, 0) is 4.79 Å². The lowest BCUT2D eigenvalue weighted by Crippen LogP contribution is -2.31. The molecule has 0 aliphatic rings. The summed E-state index contributed by atoms with van der Waals surface area (Å²) in [6.45, 7) is 8.86. The van der Waals surface area contributed by atoms with Gasteiger partial charge in [0.25, 0.3) is 0 Å². The third kappa shape index (κ3) is 3.12. The summed E-state index contributed by atoms with van der Waals surface area (Å²) in [7, 11) is 0. The summed E-state index contributed by atoms with van der Waals surface area (Å²) < 4.78 is 0. The predicted octanol–water partition coefficient (Wildman–Crippen LogP) is 3.31. The number of hydrogen-bond donors (Lipinski definition) is 1. The first kappa shape index (κ1) is 15.3. The largest absolute Gasteiger partial charge is 0.355 e. The summed E-state index contributed by atoms with van der Waals surface area (Å²) in [4.78, 5) is 22.9. The van der Waals surface area contributed by atoms with Gasteiger partial charge in [0, 0.05) is 16.8 Å². The van der Waals surface area contributed by atoms with Gasteiger partial charge in [-0.05, 0) is 32.8 Å². The second kappa shape index (κ2) is 6.54. The molecule has 2 rings (SSSR count). The Morgan fingerprint density at radius 2 is 2.20 bits per heavy atom.